The van der Waals surface area contributed by atoms with E-state index in [-0.39, 0.29) is 0 Å². The quantitative estimate of drug-likeness (QED) is 0.166. The first kappa shape index (κ1) is 33.0. The SMILES string of the molecule is Cc1ccc(-c2cccc(-c3ccc(-c4cc(-c5ccc(-c6cccc(-c7ccc(C)cc7)c6)cc5)nc(-c5ccc6ccccc6c5)n4)cc3)c2)cc1. The van der Waals surface area contributed by atoms with Gasteiger partial charge >= 0.3 is 0 Å². The summed E-state index contributed by atoms with van der Waals surface area (Å²) in [6.45, 7) is 4.24. The van der Waals surface area contributed by atoms with Gasteiger partial charge < -0.3 is 0 Å². The van der Waals surface area contributed by atoms with E-state index in [1.807, 2.05) is 0 Å². The van der Waals surface area contributed by atoms with E-state index in [2.05, 4.69) is 208 Å². The number of aryl methyl sites for hydroxylation is 2. The molecule has 9 aromatic rings. The van der Waals surface area contributed by atoms with Gasteiger partial charge in [0.2, 0.25) is 0 Å². The molecule has 0 fully saturated rings. The van der Waals surface area contributed by atoms with Crippen LogP contribution in [0.1, 0.15) is 11.1 Å². The zero-order valence-electron chi connectivity index (χ0n) is 30.4. The zero-order chi connectivity index (χ0) is 36.4. The van der Waals surface area contributed by atoms with Crippen molar-refractivity contribution in [2.45, 2.75) is 13.8 Å². The van der Waals surface area contributed by atoms with E-state index in [1.165, 1.54) is 66.4 Å². The lowest BCUT2D eigenvalue weighted by molar-refractivity contribution is 1.18. The second-order valence-electron chi connectivity index (χ2n) is 14.1. The van der Waals surface area contributed by atoms with Gasteiger partial charge in [0.15, 0.2) is 5.82 Å². The lowest BCUT2D eigenvalue weighted by Crippen LogP contribution is -1.96. The number of nitrogens with zero attached hydrogens (tertiary/aromatic N) is 2. The van der Waals surface area contributed by atoms with Crippen LogP contribution in [-0.4, -0.2) is 9.97 Å². The van der Waals surface area contributed by atoms with Crippen LogP contribution >= 0.6 is 0 Å². The number of benzene rings is 8. The van der Waals surface area contributed by atoms with Crippen LogP contribution in [0.15, 0.2) is 194 Å². The molecule has 0 amide bonds. The lowest BCUT2D eigenvalue weighted by Gasteiger charge is -2.12. The molecule has 54 heavy (non-hydrogen) atoms. The third-order valence-electron chi connectivity index (χ3n) is 10.3. The summed E-state index contributed by atoms with van der Waals surface area (Å²) in [6.07, 6.45) is 0. The van der Waals surface area contributed by atoms with Gasteiger partial charge in [0.05, 0.1) is 11.4 Å². The van der Waals surface area contributed by atoms with E-state index in [4.69, 9.17) is 9.97 Å². The van der Waals surface area contributed by atoms with Crippen LogP contribution in [0.4, 0.5) is 0 Å². The van der Waals surface area contributed by atoms with Crippen molar-refractivity contribution >= 4 is 10.8 Å². The minimum atomic E-state index is 0.706. The highest BCUT2D eigenvalue weighted by molar-refractivity contribution is 5.87. The molecule has 0 aliphatic rings. The van der Waals surface area contributed by atoms with Crippen molar-refractivity contribution in [3.05, 3.63) is 205 Å². The van der Waals surface area contributed by atoms with Gasteiger partial charge in [-0.3, -0.25) is 0 Å². The largest absolute Gasteiger partial charge is 0.228 e. The molecule has 0 saturated heterocycles. The Balaban J connectivity index is 1.07. The molecule has 0 bridgehead atoms. The monoisotopic (exact) mass is 690 g/mol. The predicted molar refractivity (Wildman–Crippen MR) is 227 cm³/mol. The van der Waals surface area contributed by atoms with E-state index in [1.54, 1.807) is 0 Å². The Bertz CT molecular complexity index is 2590. The average Bonchev–Trinajstić information content (AvgIpc) is 3.24. The van der Waals surface area contributed by atoms with E-state index < -0.39 is 0 Å². The highest BCUT2D eigenvalue weighted by Gasteiger charge is 2.13. The van der Waals surface area contributed by atoms with Gasteiger partial charge in [-0.2, -0.15) is 0 Å². The summed E-state index contributed by atoms with van der Waals surface area (Å²) in [6, 6.07) is 69.4. The Hall–Kier alpha value is -6.90. The molecular formula is C52H38N2. The van der Waals surface area contributed by atoms with E-state index in [9.17, 15) is 0 Å². The van der Waals surface area contributed by atoms with E-state index in [0.29, 0.717) is 5.82 Å². The van der Waals surface area contributed by atoms with Crippen molar-refractivity contribution in [1.82, 2.24) is 9.97 Å². The standard InChI is InChI=1S/C52H38N2/c1-35-13-17-38(18-14-35)45-9-5-11-47(31-45)40-21-26-42(27-22-40)50-34-51(54-52(53-50)49-30-25-37-7-3-4-8-44(37)33-49)43-28-23-41(24-29-43)48-12-6-10-46(32-48)39-19-15-36(2)16-20-39/h3-34H,1-2H3. The van der Waals surface area contributed by atoms with Gasteiger partial charge in [-0.05, 0) is 93.4 Å². The molecule has 9 rings (SSSR count). The van der Waals surface area contributed by atoms with Crippen LogP contribution in [0.25, 0.3) is 89.2 Å². The first-order valence-electron chi connectivity index (χ1n) is 18.5. The maximum absolute atomic E-state index is 5.17. The number of fused-ring (bicyclic) bond motifs is 1. The van der Waals surface area contributed by atoms with Gasteiger partial charge in [-0.25, -0.2) is 9.97 Å². The Morgan fingerprint density at radius 1 is 0.259 bits per heavy atom. The maximum Gasteiger partial charge on any atom is 0.160 e. The first-order valence-corrected chi connectivity index (χ1v) is 18.5. The van der Waals surface area contributed by atoms with Crippen LogP contribution in [0.5, 0.6) is 0 Å². The molecule has 0 aliphatic heterocycles. The molecule has 0 atom stereocenters. The summed E-state index contributed by atoms with van der Waals surface area (Å²) in [5, 5.41) is 2.36. The molecule has 0 radical (unpaired) electrons. The molecule has 0 N–H and O–H groups in total. The van der Waals surface area contributed by atoms with Gasteiger partial charge in [-0.1, -0.05) is 181 Å². The minimum Gasteiger partial charge on any atom is -0.228 e. The number of hydrogen-bond donors (Lipinski definition) is 0. The van der Waals surface area contributed by atoms with Crippen molar-refractivity contribution in [2.24, 2.45) is 0 Å². The topological polar surface area (TPSA) is 25.8 Å². The summed E-state index contributed by atoms with van der Waals surface area (Å²) >= 11 is 0. The van der Waals surface area contributed by atoms with Crippen molar-refractivity contribution in [1.29, 1.82) is 0 Å². The first-order chi connectivity index (χ1) is 26.5. The van der Waals surface area contributed by atoms with Crippen LogP contribution in [-0.2, 0) is 0 Å². The summed E-state index contributed by atoms with van der Waals surface area (Å²) < 4.78 is 0. The van der Waals surface area contributed by atoms with Crippen molar-refractivity contribution < 1.29 is 0 Å². The third-order valence-corrected chi connectivity index (χ3v) is 10.3. The zero-order valence-corrected chi connectivity index (χ0v) is 30.4. The molecule has 1 aromatic heterocycles. The summed E-state index contributed by atoms with van der Waals surface area (Å²) in [7, 11) is 0. The average molecular weight is 691 g/mol. The fourth-order valence-electron chi connectivity index (χ4n) is 7.12. The molecule has 8 aromatic carbocycles. The summed E-state index contributed by atoms with van der Waals surface area (Å²) in [5.74, 6) is 0.706. The lowest BCUT2D eigenvalue weighted by atomic mass is 9.97. The highest BCUT2D eigenvalue weighted by atomic mass is 14.9. The highest BCUT2D eigenvalue weighted by Crippen LogP contribution is 2.33. The van der Waals surface area contributed by atoms with Crippen LogP contribution in [0.2, 0.25) is 0 Å². The van der Waals surface area contributed by atoms with Crippen molar-refractivity contribution in [2.75, 3.05) is 0 Å². The Labute approximate surface area is 317 Å². The van der Waals surface area contributed by atoms with Crippen molar-refractivity contribution in [3.63, 3.8) is 0 Å². The van der Waals surface area contributed by atoms with E-state index in [0.717, 1.165) is 28.1 Å². The van der Waals surface area contributed by atoms with Gasteiger partial charge in [0.1, 0.15) is 0 Å². The molecule has 2 heteroatoms. The molecule has 2 nitrogen and oxygen atoms in total. The smallest absolute Gasteiger partial charge is 0.160 e. The normalized spacial score (nSPS) is 11.1. The molecule has 0 aliphatic carbocycles. The fraction of sp³-hybridized carbons (Fsp3) is 0.0385. The Morgan fingerprint density at radius 3 is 1.07 bits per heavy atom. The maximum atomic E-state index is 5.17. The number of aromatic nitrogens is 2. The molecule has 0 unspecified atom stereocenters. The number of rotatable bonds is 7. The minimum absolute atomic E-state index is 0.706. The molecule has 0 spiro atoms. The third kappa shape index (κ3) is 6.86. The summed E-state index contributed by atoms with van der Waals surface area (Å²) in [4.78, 5) is 10.3. The van der Waals surface area contributed by atoms with Crippen LogP contribution in [0, 0.1) is 13.8 Å². The van der Waals surface area contributed by atoms with Crippen molar-refractivity contribution in [3.8, 4) is 78.4 Å². The van der Waals surface area contributed by atoms with Crippen LogP contribution < -0.4 is 0 Å². The molecular weight excluding hydrogens is 653 g/mol. The molecule has 1 heterocycles. The van der Waals surface area contributed by atoms with Crippen LogP contribution in [0.3, 0.4) is 0 Å². The molecule has 256 valence electrons. The fourth-order valence-corrected chi connectivity index (χ4v) is 7.12. The van der Waals surface area contributed by atoms with E-state index >= 15 is 0 Å². The predicted octanol–water partition coefficient (Wildman–Crippen LogP) is 13.9. The second kappa shape index (κ2) is 14.3. The van der Waals surface area contributed by atoms with Gasteiger partial charge in [0, 0.05) is 16.7 Å². The summed E-state index contributed by atoms with van der Waals surface area (Å²) in [5.41, 5.74) is 16.9. The number of hydrogen-bond acceptors (Lipinski definition) is 2. The molecule has 0 saturated carbocycles. The Morgan fingerprint density at radius 2 is 0.630 bits per heavy atom. The van der Waals surface area contributed by atoms with Gasteiger partial charge in [0.25, 0.3) is 0 Å². The second-order valence-corrected chi connectivity index (χ2v) is 14.1. The Kier molecular flexibility index (Phi) is 8.70. The van der Waals surface area contributed by atoms with Gasteiger partial charge in [-0.15, -0.1) is 0 Å².